The zero-order chi connectivity index (χ0) is 11.7. The van der Waals surface area contributed by atoms with Gasteiger partial charge in [-0.15, -0.1) is 0 Å². The molecular formula is C16H15N. The molecule has 1 heteroatoms. The highest BCUT2D eigenvalue weighted by Crippen LogP contribution is 2.26. The molecule has 1 aliphatic rings. The van der Waals surface area contributed by atoms with Crippen molar-refractivity contribution in [1.82, 2.24) is 0 Å². The number of hydrogen-bond acceptors (Lipinski definition) is 1. The molecule has 2 aromatic carbocycles. The molecule has 0 unspecified atom stereocenters. The third-order valence-corrected chi connectivity index (χ3v) is 3.19. The summed E-state index contributed by atoms with van der Waals surface area (Å²) in [6.45, 7) is 2.12. The van der Waals surface area contributed by atoms with Crippen molar-refractivity contribution in [2.75, 3.05) is 0 Å². The van der Waals surface area contributed by atoms with Crippen LogP contribution in [0.1, 0.15) is 16.7 Å². The van der Waals surface area contributed by atoms with Gasteiger partial charge < -0.3 is 0 Å². The van der Waals surface area contributed by atoms with Gasteiger partial charge in [-0.25, -0.2) is 0 Å². The maximum absolute atomic E-state index is 4.69. The second-order valence-electron chi connectivity index (χ2n) is 4.65. The van der Waals surface area contributed by atoms with Gasteiger partial charge in [0.25, 0.3) is 0 Å². The standard InChI is InChI=1S/C16H15N/c1-12-6-8-13(9-7-12)10-15-11-14-4-2-3-5-16(14)17-15/h2-9H,10-11H2,1H3. The monoisotopic (exact) mass is 221 g/mol. The summed E-state index contributed by atoms with van der Waals surface area (Å²) < 4.78 is 0. The number of aryl methyl sites for hydroxylation is 1. The van der Waals surface area contributed by atoms with E-state index in [-0.39, 0.29) is 0 Å². The van der Waals surface area contributed by atoms with Crippen molar-refractivity contribution >= 4 is 11.4 Å². The average Bonchev–Trinajstić information content (AvgIpc) is 2.74. The zero-order valence-electron chi connectivity index (χ0n) is 9.98. The molecular weight excluding hydrogens is 206 g/mol. The lowest BCUT2D eigenvalue weighted by molar-refractivity contribution is 1.25. The fourth-order valence-electron chi connectivity index (χ4n) is 2.24. The van der Waals surface area contributed by atoms with E-state index in [4.69, 9.17) is 0 Å². The molecule has 0 bridgehead atoms. The van der Waals surface area contributed by atoms with Crippen LogP contribution in [0.3, 0.4) is 0 Å². The maximum atomic E-state index is 4.69. The summed E-state index contributed by atoms with van der Waals surface area (Å²) in [5.74, 6) is 0. The Morgan fingerprint density at radius 1 is 1.00 bits per heavy atom. The third-order valence-electron chi connectivity index (χ3n) is 3.19. The molecule has 1 heterocycles. The molecule has 0 radical (unpaired) electrons. The second kappa shape index (κ2) is 4.17. The average molecular weight is 221 g/mol. The maximum Gasteiger partial charge on any atom is 0.0665 e. The number of para-hydroxylation sites is 1. The molecule has 1 nitrogen and oxygen atoms in total. The molecule has 2 aromatic rings. The quantitative estimate of drug-likeness (QED) is 0.730. The van der Waals surface area contributed by atoms with Gasteiger partial charge in [0.15, 0.2) is 0 Å². The number of rotatable bonds is 2. The lowest BCUT2D eigenvalue weighted by atomic mass is 10.0. The minimum atomic E-state index is 0.967. The van der Waals surface area contributed by atoms with Crippen molar-refractivity contribution in [3.05, 3.63) is 65.2 Å². The number of hydrogen-bond donors (Lipinski definition) is 0. The Bertz CT molecular complexity index is 564. The van der Waals surface area contributed by atoms with Crippen LogP contribution in [0.2, 0.25) is 0 Å². The van der Waals surface area contributed by atoms with Gasteiger partial charge in [-0.05, 0) is 24.1 Å². The summed E-state index contributed by atoms with van der Waals surface area (Å²) in [5, 5.41) is 0. The van der Waals surface area contributed by atoms with Crippen molar-refractivity contribution in [2.24, 2.45) is 4.99 Å². The van der Waals surface area contributed by atoms with Crippen LogP contribution >= 0.6 is 0 Å². The van der Waals surface area contributed by atoms with Crippen molar-refractivity contribution in [2.45, 2.75) is 19.8 Å². The van der Waals surface area contributed by atoms with Gasteiger partial charge in [-0.1, -0.05) is 48.0 Å². The van der Waals surface area contributed by atoms with Crippen molar-refractivity contribution in [3.63, 3.8) is 0 Å². The van der Waals surface area contributed by atoms with E-state index >= 15 is 0 Å². The van der Waals surface area contributed by atoms with Gasteiger partial charge >= 0.3 is 0 Å². The Morgan fingerprint density at radius 2 is 1.76 bits per heavy atom. The first-order valence-corrected chi connectivity index (χ1v) is 6.01. The smallest absolute Gasteiger partial charge is 0.0665 e. The van der Waals surface area contributed by atoms with Gasteiger partial charge in [-0.2, -0.15) is 0 Å². The Balaban J connectivity index is 1.79. The molecule has 0 spiro atoms. The van der Waals surface area contributed by atoms with E-state index in [1.165, 1.54) is 22.4 Å². The first-order valence-electron chi connectivity index (χ1n) is 6.01. The Kier molecular flexibility index (Phi) is 2.52. The molecule has 0 fully saturated rings. The summed E-state index contributed by atoms with van der Waals surface area (Å²) >= 11 is 0. The van der Waals surface area contributed by atoms with E-state index in [1.807, 2.05) is 0 Å². The van der Waals surface area contributed by atoms with Gasteiger partial charge in [-0.3, -0.25) is 4.99 Å². The van der Waals surface area contributed by atoms with E-state index in [0.717, 1.165) is 18.5 Å². The van der Waals surface area contributed by atoms with Crippen molar-refractivity contribution < 1.29 is 0 Å². The van der Waals surface area contributed by atoms with E-state index < -0.39 is 0 Å². The van der Waals surface area contributed by atoms with Crippen LogP contribution in [0.5, 0.6) is 0 Å². The molecule has 0 saturated carbocycles. The van der Waals surface area contributed by atoms with Crippen molar-refractivity contribution in [3.8, 4) is 0 Å². The Labute approximate surface area is 102 Å². The number of nitrogens with zero attached hydrogens (tertiary/aromatic N) is 1. The molecule has 0 aromatic heterocycles. The molecule has 3 rings (SSSR count). The number of benzene rings is 2. The van der Waals surface area contributed by atoms with E-state index in [9.17, 15) is 0 Å². The molecule has 17 heavy (non-hydrogen) atoms. The Hall–Kier alpha value is -1.89. The fraction of sp³-hybridized carbons (Fsp3) is 0.188. The third kappa shape index (κ3) is 2.14. The largest absolute Gasteiger partial charge is 0.257 e. The summed E-state index contributed by atoms with van der Waals surface area (Å²) in [7, 11) is 0. The number of fused-ring (bicyclic) bond motifs is 1. The van der Waals surface area contributed by atoms with Crippen LogP contribution in [0, 0.1) is 6.92 Å². The van der Waals surface area contributed by atoms with E-state index in [0.29, 0.717) is 0 Å². The minimum Gasteiger partial charge on any atom is -0.257 e. The van der Waals surface area contributed by atoms with Crippen molar-refractivity contribution in [1.29, 1.82) is 0 Å². The minimum absolute atomic E-state index is 0.967. The summed E-state index contributed by atoms with van der Waals surface area (Å²) in [5.41, 5.74) is 6.44. The first kappa shape index (κ1) is 10.3. The highest BCUT2D eigenvalue weighted by Gasteiger charge is 2.13. The summed E-state index contributed by atoms with van der Waals surface area (Å²) in [6.07, 6.45) is 1.97. The van der Waals surface area contributed by atoms with Crippen LogP contribution in [0.15, 0.2) is 53.5 Å². The first-order chi connectivity index (χ1) is 8.31. The summed E-state index contributed by atoms with van der Waals surface area (Å²) in [6, 6.07) is 17.1. The van der Waals surface area contributed by atoms with E-state index in [2.05, 4.69) is 60.4 Å². The summed E-state index contributed by atoms with van der Waals surface area (Å²) in [4.78, 5) is 4.69. The number of aliphatic imine (C=N–C) groups is 1. The van der Waals surface area contributed by atoms with Crippen LogP contribution in [-0.4, -0.2) is 5.71 Å². The van der Waals surface area contributed by atoms with Crippen LogP contribution in [0.4, 0.5) is 5.69 Å². The second-order valence-corrected chi connectivity index (χ2v) is 4.65. The van der Waals surface area contributed by atoms with E-state index in [1.54, 1.807) is 0 Å². The molecule has 84 valence electrons. The fourth-order valence-corrected chi connectivity index (χ4v) is 2.24. The predicted molar refractivity (Wildman–Crippen MR) is 72.1 cm³/mol. The highest BCUT2D eigenvalue weighted by atomic mass is 14.8. The Morgan fingerprint density at radius 3 is 2.53 bits per heavy atom. The molecule has 0 atom stereocenters. The topological polar surface area (TPSA) is 12.4 Å². The zero-order valence-corrected chi connectivity index (χ0v) is 9.98. The lowest BCUT2D eigenvalue weighted by Crippen LogP contribution is -2.02. The van der Waals surface area contributed by atoms with Crippen LogP contribution in [-0.2, 0) is 12.8 Å². The molecule has 0 saturated heterocycles. The molecule has 1 aliphatic heterocycles. The molecule has 0 aliphatic carbocycles. The molecule has 0 N–H and O–H groups in total. The molecule has 0 amide bonds. The van der Waals surface area contributed by atoms with Gasteiger partial charge in [0.05, 0.1) is 5.69 Å². The predicted octanol–water partition coefficient (Wildman–Crippen LogP) is 3.87. The van der Waals surface area contributed by atoms with Crippen LogP contribution in [0.25, 0.3) is 0 Å². The normalized spacial score (nSPS) is 13.4. The van der Waals surface area contributed by atoms with Crippen LogP contribution < -0.4 is 0 Å². The SMILES string of the molecule is Cc1ccc(CC2=Nc3ccccc3C2)cc1. The highest BCUT2D eigenvalue weighted by molar-refractivity contribution is 5.95. The lowest BCUT2D eigenvalue weighted by Gasteiger charge is -2.01. The van der Waals surface area contributed by atoms with Gasteiger partial charge in [0.2, 0.25) is 0 Å². The van der Waals surface area contributed by atoms with Gasteiger partial charge in [0.1, 0.15) is 0 Å². The van der Waals surface area contributed by atoms with Gasteiger partial charge in [0, 0.05) is 18.6 Å².